The fourth-order valence-electron chi connectivity index (χ4n) is 1.40. The summed E-state index contributed by atoms with van der Waals surface area (Å²) in [6.45, 7) is 0.549. The Bertz CT molecular complexity index is 397. The summed E-state index contributed by atoms with van der Waals surface area (Å²) < 4.78 is 4.53. The molecule has 1 rings (SSSR count). The van der Waals surface area contributed by atoms with Crippen LogP contribution in [0.25, 0.3) is 0 Å². The number of unbranched alkanes of at least 4 members (excludes halogenated alkanes) is 2. The monoisotopic (exact) mass is 266 g/mol. The molecule has 0 aromatic carbocycles. The van der Waals surface area contributed by atoms with E-state index in [9.17, 15) is 9.59 Å². The summed E-state index contributed by atoms with van der Waals surface area (Å²) in [6.07, 6.45) is 7.36. The lowest BCUT2D eigenvalue weighted by Crippen LogP contribution is -2.29. The third-order valence-corrected chi connectivity index (χ3v) is 2.38. The van der Waals surface area contributed by atoms with Crippen LogP contribution in [0.5, 0.6) is 0 Å². The number of nitrogens with one attached hydrogen (secondary N) is 2. The van der Waals surface area contributed by atoms with Crippen LogP contribution >= 0.6 is 0 Å². The van der Waals surface area contributed by atoms with Gasteiger partial charge in [-0.25, -0.2) is 9.78 Å². The van der Waals surface area contributed by atoms with Gasteiger partial charge in [-0.05, 0) is 12.8 Å². The Morgan fingerprint density at radius 1 is 1.26 bits per heavy atom. The van der Waals surface area contributed by atoms with Crippen molar-refractivity contribution in [2.45, 2.75) is 25.7 Å². The molecule has 7 nitrogen and oxygen atoms in total. The molecule has 0 aliphatic heterocycles. The molecule has 1 aromatic rings. The average molecular weight is 266 g/mol. The topological polar surface area (TPSA) is 93.2 Å². The summed E-state index contributed by atoms with van der Waals surface area (Å²) in [5.74, 6) is 0.207. The molecule has 1 aromatic heterocycles. The Morgan fingerprint density at radius 3 is 2.79 bits per heavy atom. The normalized spacial score (nSPS) is 9.74. The Balaban J connectivity index is 2.03. The molecule has 0 atom stereocenters. The van der Waals surface area contributed by atoms with Gasteiger partial charge in [-0.15, -0.1) is 0 Å². The van der Waals surface area contributed by atoms with E-state index >= 15 is 0 Å². The minimum atomic E-state index is -0.312. The standard InChI is InChI=1S/C12H18N4O3/c1-19-11(17)5-3-2-4-6-15-12(18)16-10-9-13-7-8-14-10/h7-9H,2-6H2,1H3,(H2,14,15,16,18). The smallest absolute Gasteiger partial charge is 0.320 e. The van der Waals surface area contributed by atoms with Crippen molar-refractivity contribution >= 4 is 17.8 Å². The number of anilines is 1. The molecule has 2 N–H and O–H groups in total. The maximum atomic E-state index is 11.4. The number of hydrogen-bond acceptors (Lipinski definition) is 5. The van der Waals surface area contributed by atoms with Gasteiger partial charge in [0.05, 0.1) is 13.3 Å². The van der Waals surface area contributed by atoms with Gasteiger partial charge in [-0.1, -0.05) is 6.42 Å². The van der Waals surface area contributed by atoms with Gasteiger partial charge in [-0.3, -0.25) is 15.1 Å². The van der Waals surface area contributed by atoms with Gasteiger partial charge in [-0.2, -0.15) is 0 Å². The van der Waals surface area contributed by atoms with Crippen molar-refractivity contribution < 1.29 is 14.3 Å². The Hall–Kier alpha value is -2.18. The second-order valence-corrected chi connectivity index (χ2v) is 3.86. The lowest BCUT2D eigenvalue weighted by molar-refractivity contribution is -0.140. The maximum absolute atomic E-state index is 11.4. The number of nitrogens with zero attached hydrogens (tertiary/aromatic N) is 2. The van der Waals surface area contributed by atoms with Crippen molar-refractivity contribution in [2.24, 2.45) is 0 Å². The van der Waals surface area contributed by atoms with Crippen LogP contribution < -0.4 is 10.6 Å². The zero-order chi connectivity index (χ0) is 13.9. The van der Waals surface area contributed by atoms with E-state index in [4.69, 9.17) is 0 Å². The predicted molar refractivity (Wildman–Crippen MR) is 69.5 cm³/mol. The van der Waals surface area contributed by atoms with Crippen molar-refractivity contribution in [3.8, 4) is 0 Å². The van der Waals surface area contributed by atoms with Crippen LogP contribution in [0.3, 0.4) is 0 Å². The SMILES string of the molecule is COC(=O)CCCCCNC(=O)Nc1cnccn1. The van der Waals surface area contributed by atoms with Crippen LogP contribution in [0.2, 0.25) is 0 Å². The van der Waals surface area contributed by atoms with Gasteiger partial charge in [0.2, 0.25) is 0 Å². The molecule has 0 unspecified atom stereocenters. The highest BCUT2D eigenvalue weighted by atomic mass is 16.5. The molecule has 1 heterocycles. The van der Waals surface area contributed by atoms with Gasteiger partial charge in [0, 0.05) is 25.4 Å². The molecule has 0 spiro atoms. The van der Waals surface area contributed by atoms with Crippen LogP contribution in [0.15, 0.2) is 18.6 Å². The van der Waals surface area contributed by atoms with Crippen molar-refractivity contribution in [1.82, 2.24) is 15.3 Å². The number of rotatable bonds is 7. The number of ether oxygens (including phenoxy) is 1. The highest BCUT2D eigenvalue weighted by molar-refractivity contribution is 5.87. The van der Waals surface area contributed by atoms with Crippen molar-refractivity contribution in [1.29, 1.82) is 0 Å². The first kappa shape index (κ1) is 14.9. The number of methoxy groups -OCH3 is 1. The molecule has 104 valence electrons. The minimum Gasteiger partial charge on any atom is -0.469 e. The number of carbonyl (C=O) groups excluding carboxylic acids is 2. The Morgan fingerprint density at radius 2 is 2.11 bits per heavy atom. The summed E-state index contributed by atoms with van der Waals surface area (Å²) in [5.41, 5.74) is 0. The molecule has 0 saturated carbocycles. The molecular weight excluding hydrogens is 248 g/mol. The molecule has 0 radical (unpaired) electrons. The van der Waals surface area contributed by atoms with Crippen LogP contribution in [0.1, 0.15) is 25.7 Å². The van der Waals surface area contributed by atoms with Crippen LogP contribution in [0, 0.1) is 0 Å². The number of esters is 1. The average Bonchev–Trinajstić information content (AvgIpc) is 2.43. The van der Waals surface area contributed by atoms with E-state index in [0.29, 0.717) is 18.8 Å². The third kappa shape index (κ3) is 6.97. The van der Waals surface area contributed by atoms with E-state index < -0.39 is 0 Å². The van der Waals surface area contributed by atoms with Crippen molar-refractivity contribution in [3.05, 3.63) is 18.6 Å². The number of amides is 2. The summed E-state index contributed by atoms with van der Waals surface area (Å²) in [6, 6.07) is -0.312. The molecule has 0 aliphatic carbocycles. The molecule has 0 aliphatic rings. The van der Waals surface area contributed by atoms with Gasteiger partial charge < -0.3 is 10.1 Å². The summed E-state index contributed by atoms with van der Waals surface area (Å²) in [5, 5.41) is 5.26. The number of hydrogen-bond donors (Lipinski definition) is 2. The first-order valence-electron chi connectivity index (χ1n) is 6.10. The highest BCUT2D eigenvalue weighted by Gasteiger charge is 2.02. The Kier molecular flexibility index (Phi) is 6.93. The number of urea groups is 1. The van der Waals surface area contributed by atoms with E-state index in [1.54, 1.807) is 0 Å². The second-order valence-electron chi connectivity index (χ2n) is 3.86. The van der Waals surface area contributed by atoms with E-state index in [-0.39, 0.29) is 12.0 Å². The molecule has 2 amide bonds. The largest absolute Gasteiger partial charge is 0.469 e. The second kappa shape index (κ2) is 8.84. The van der Waals surface area contributed by atoms with Gasteiger partial charge in [0.15, 0.2) is 5.82 Å². The van der Waals surface area contributed by atoms with E-state index in [1.807, 2.05) is 0 Å². The van der Waals surface area contributed by atoms with E-state index in [1.165, 1.54) is 25.7 Å². The molecule has 0 fully saturated rings. The van der Waals surface area contributed by atoms with Crippen LogP contribution in [-0.2, 0) is 9.53 Å². The van der Waals surface area contributed by atoms with Crippen LogP contribution in [-0.4, -0.2) is 35.6 Å². The Labute approximate surface area is 111 Å². The maximum Gasteiger partial charge on any atom is 0.320 e. The zero-order valence-electron chi connectivity index (χ0n) is 10.9. The third-order valence-electron chi connectivity index (χ3n) is 2.38. The fourth-order valence-corrected chi connectivity index (χ4v) is 1.40. The number of carbonyl (C=O) groups is 2. The summed E-state index contributed by atoms with van der Waals surface area (Å²) >= 11 is 0. The molecular formula is C12H18N4O3. The number of aromatic nitrogens is 2. The predicted octanol–water partition coefficient (Wildman–Crippen LogP) is 1.33. The lowest BCUT2D eigenvalue weighted by Gasteiger charge is -2.06. The highest BCUT2D eigenvalue weighted by Crippen LogP contribution is 2.00. The van der Waals surface area contributed by atoms with Gasteiger partial charge in [0.1, 0.15) is 0 Å². The van der Waals surface area contributed by atoms with Gasteiger partial charge >= 0.3 is 12.0 Å². The summed E-state index contributed by atoms with van der Waals surface area (Å²) in [4.78, 5) is 30.0. The van der Waals surface area contributed by atoms with Crippen molar-refractivity contribution in [2.75, 3.05) is 19.0 Å². The van der Waals surface area contributed by atoms with E-state index in [0.717, 1.165) is 19.3 Å². The van der Waals surface area contributed by atoms with Crippen LogP contribution in [0.4, 0.5) is 10.6 Å². The van der Waals surface area contributed by atoms with E-state index in [2.05, 4.69) is 25.3 Å². The molecule has 0 bridgehead atoms. The first-order chi connectivity index (χ1) is 9.22. The first-order valence-corrected chi connectivity index (χ1v) is 6.10. The quantitative estimate of drug-likeness (QED) is 0.573. The molecule has 7 heteroatoms. The molecule has 0 saturated heterocycles. The van der Waals surface area contributed by atoms with Gasteiger partial charge in [0.25, 0.3) is 0 Å². The minimum absolute atomic E-state index is 0.201. The summed E-state index contributed by atoms with van der Waals surface area (Å²) in [7, 11) is 1.38. The molecule has 19 heavy (non-hydrogen) atoms. The fraction of sp³-hybridized carbons (Fsp3) is 0.500. The van der Waals surface area contributed by atoms with Crippen molar-refractivity contribution in [3.63, 3.8) is 0 Å². The lowest BCUT2D eigenvalue weighted by atomic mass is 10.2. The zero-order valence-corrected chi connectivity index (χ0v) is 10.9.